The van der Waals surface area contributed by atoms with Gasteiger partial charge in [0, 0.05) is 22.5 Å². The van der Waals surface area contributed by atoms with Crippen LogP contribution in [0, 0.1) is 6.92 Å². The number of thiophene rings is 1. The number of pyridine rings is 1. The molecule has 0 bridgehead atoms. The van der Waals surface area contributed by atoms with E-state index in [0.717, 1.165) is 23.6 Å². The highest BCUT2D eigenvalue weighted by Crippen LogP contribution is 2.33. The third kappa shape index (κ3) is 3.10. The average Bonchev–Trinajstić information content (AvgIpc) is 3.12. The fraction of sp³-hybridized carbons (Fsp3) is 0.400. The highest BCUT2D eigenvalue weighted by Gasteiger charge is 2.30. The van der Waals surface area contributed by atoms with Gasteiger partial charge in [0.1, 0.15) is 5.82 Å². The van der Waals surface area contributed by atoms with Gasteiger partial charge in [0.15, 0.2) is 0 Å². The first kappa shape index (κ1) is 12.9. The Bertz CT molecular complexity index is 549. The van der Waals surface area contributed by atoms with Crippen LogP contribution < -0.4 is 4.90 Å². The SMILES string of the molecule is Cc1cc(CCl)cc(N(Cc2cccs2)C2CC2)n1. The van der Waals surface area contributed by atoms with Gasteiger partial charge in [-0.1, -0.05) is 6.07 Å². The van der Waals surface area contributed by atoms with Gasteiger partial charge in [-0.2, -0.15) is 0 Å². The molecule has 1 aliphatic carbocycles. The second-order valence-electron chi connectivity index (χ2n) is 5.05. The van der Waals surface area contributed by atoms with Crippen LogP contribution in [0.5, 0.6) is 0 Å². The van der Waals surface area contributed by atoms with Gasteiger partial charge in [-0.05, 0) is 48.9 Å². The maximum Gasteiger partial charge on any atom is 0.129 e. The molecule has 2 aromatic heterocycles. The van der Waals surface area contributed by atoms with Crippen molar-refractivity contribution in [2.24, 2.45) is 0 Å². The van der Waals surface area contributed by atoms with Gasteiger partial charge >= 0.3 is 0 Å². The molecule has 2 nitrogen and oxygen atoms in total. The van der Waals surface area contributed by atoms with Crippen LogP contribution in [0.25, 0.3) is 0 Å². The molecule has 0 radical (unpaired) electrons. The van der Waals surface area contributed by atoms with E-state index in [4.69, 9.17) is 16.6 Å². The van der Waals surface area contributed by atoms with Crippen molar-refractivity contribution >= 4 is 28.8 Å². The summed E-state index contributed by atoms with van der Waals surface area (Å²) in [5, 5.41) is 2.13. The molecule has 0 aliphatic heterocycles. The summed E-state index contributed by atoms with van der Waals surface area (Å²) in [5.74, 6) is 1.62. The smallest absolute Gasteiger partial charge is 0.129 e. The van der Waals surface area contributed by atoms with Crippen LogP contribution in [0.1, 0.15) is 29.0 Å². The van der Waals surface area contributed by atoms with Gasteiger partial charge in [0.05, 0.1) is 6.54 Å². The number of alkyl halides is 1. The van der Waals surface area contributed by atoms with E-state index in [-0.39, 0.29) is 0 Å². The third-order valence-electron chi connectivity index (χ3n) is 3.34. The summed E-state index contributed by atoms with van der Waals surface area (Å²) in [6, 6.07) is 9.15. The van der Waals surface area contributed by atoms with Crippen molar-refractivity contribution < 1.29 is 0 Å². The van der Waals surface area contributed by atoms with Crippen LogP contribution >= 0.6 is 22.9 Å². The van der Waals surface area contributed by atoms with Crippen LogP contribution in [0.15, 0.2) is 29.6 Å². The first-order chi connectivity index (χ1) is 9.26. The van der Waals surface area contributed by atoms with Crippen LogP contribution in [-0.4, -0.2) is 11.0 Å². The molecule has 0 atom stereocenters. The monoisotopic (exact) mass is 292 g/mol. The lowest BCUT2D eigenvalue weighted by Crippen LogP contribution is -2.25. The van der Waals surface area contributed by atoms with Gasteiger partial charge in [0.25, 0.3) is 0 Å². The van der Waals surface area contributed by atoms with Crippen LogP contribution in [0.2, 0.25) is 0 Å². The van der Waals surface area contributed by atoms with E-state index in [9.17, 15) is 0 Å². The maximum absolute atomic E-state index is 5.97. The van der Waals surface area contributed by atoms with Crippen LogP contribution in [0.4, 0.5) is 5.82 Å². The average molecular weight is 293 g/mol. The summed E-state index contributed by atoms with van der Waals surface area (Å²) in [5.41, 5.74) is 2.20. The Morgan fingerprint density at radius 1 is 1.42 bits per heavy atom. The summed E-state index contributed by atoms with van der Waals surface area (Å²) < 4.78 is 0. The molecule has 0 aromatic carbocycles. The first-order valence-corrected chi connectivity index (χ1v) is 8.00. The zero-order valence-electron chi connectivity index (χ0n) is 11.0. The summed E-state index contributed by atoms with van der Waals surface area (Å²) in [7, 11) is 0. The second kappa shape index (κ2) is 5.51. The molecule has 100 valence electrons. The fourth-order valence-electron chi connectivity index (χ4n) is 2.30. The predicted octanol–water partition coefficient (Wildman–Crippen LogP) is 4.36. The molecule has 3 rings (SSSR count). The van der Waals surface area contributed by atoms with E-state index < -0.39 is 0 Å². The zero-order valence-corrected chi connectivity index (χ0v) is 12.5. The second-order valence-corrected chi connectivity index (χ2v) is 6.35. The van der Waals surface area contributed by atoms with Gasteiger partial charge < -0.3 is 4.90 Å². The van der Waals surface area contributed by atoms with E-state index in [1.165, 1.54) is 17.7 Å². The normalized spacial score (nSPS) is 14.6. The van der Waals surface area contributed by atoms with Crippen molar-refractivity contribution in [2.45, 2.75) is 38.2 Å². The lowest BCUT2D eigenvalue weighted by molar-refractivity contribution is 0.783. The van der Waals surface area contributed by atoms with E-state index >= 15 is 0 Å². The molecule has 2 aromatic rings. The molecule has 1 fully saturated rings. The Hall–Kier alpha value is -1.06. The molecule has 0 saturated heterocycles. The molecule has 0 N–H and O–H groups in total. The van der Waals surface area contributed by atoms with Crippen LogP contribution in [-0.2, 0) is 12.4 Å². The number of halogens is 1. The van der Waals surface area contributed by atoms with Gasteiger partial charge in [-0.3, -0.25) is 0 Å². The number of aryl methyl sites for hydroxylation is 1. The van der Waals surface area contributed by atoms with Crippen molar-refractivity contribution in [3.63, 3.8) is 0 Å². The minimum Gasteiger partial charge on any atom is -0.348 e. The number of hydrogen-bond donors (Lipinski definition) is 0. The molecule has 1 aliphatic rings. The molecular weight excluding hydrogens is 276 g/mol. The van der Waals surface area contributed by atoms with Gasteiger partial charge in [-0.15, -0.1) is 22.9 Å². The third-order valence-corrected chi connectivity index (χ3v) is 4.51. The minimum absolute atomic E-state index is 0.549. The van der Waals surface area contributed by atoms with Crippen molar-refractivity contribution in [1.82, 2.24) is 4.98 Å². The fourth-order valence-corrected chi connectivity index (χ4v) is 3.16. The quantitative estimate of drug-likeness (QED) is 0.761. The summed E-state index contributed by atoms with van der Waals surface area (Å²) in [4.78, 5) is 8.51. The number of hydrogen-bond acceptors (Lipinski definition) is 3. The highest BCUT2D eigenvalue weighted by atomic mass is 35.5. The van der Waals surface area contributed by atoms with Crippen molar-refractivity contribution in [1.29, 1.82) is 0 Å². The van der Waals surface area contributed by atoms with Gasteiger partial charge in [0.2, 0.25) is 0 Å². The highest BCUT2D eigenvalue weighted by molar-refractivity contribution is 7.09. The van der Waals surface area contributed by atoms with E-state index in [1.807, 2.05) is 18.3 Å². The minimum atomic E-state index is 0.549. The Morgan fingerprint density at radius 3 is 2.89 bits per heavy atom. The predicted molar refractivity (Wildman–Crippen MR) is 82.1 cm³/mol. The number of aromatic nitrogens is 1. The molecule has 4 heteroatoms. The summed E-state index contributed by atoms with van der Waals surface area (Å²) >= 11 is 7.78. The molecule has 2 heterocycles. The van der Waals surface area contributed by atoms with Crippen molar-refractivity contribution in [2.75, 3.05) is 4.90 Å². The standard InChI is InChI=1S/C15H17ClN2S/c1-11-7-12(9-16)8-15(17-11)18(13-4-5-13)10-14-3-2-6-19-14/h2-3,6-8,13H,4-5,9-10H2,1H3. The van der Waals surface area contributed by atoms with Crippen LogP contribution in [0.3, 0.4) is 0 Å². The lowest BCUT2D eigenvalue weighted by Gasteiger charge is -2.23. The van der Waals surface area contributed by atoms with E-state index in [2.05, 4.69) is 34.5 Å². The van der Waals surface area contributed by atoms with E-state index in [1.54, 1.807) is 0 Å². The maximum atomic E-state index is 5.97. The Labute approximate surface area is 123 Å². The molecule has 0 spiro atoms. The summed E-state index contributed by atoms with van der Waals surface area (Å²) in [6.45, 7) is 3.00. The topological polar surface area (TPSA) is 16.1 Å². The number of anilines is 1. The van der Waals surface area contributed by atoms with Crippen molar-refractivity contribution in [3.8, 4) is 0 Å². The largest absolute Gasteiger partial charge is 0.348 e. The van der Waals surface area contributed by atoms with Crippen molar-refractivity contribution in [3.05, 3.63) is 45.8 Å². The number of rotatable bonds is 5. The molecule has 0 amide bonds. The Kier molecular flexibility index (Phi) is 3.76. The lowest BCUT2D eigenvalue weighted by atomic mass is 10.2. The Balaban J connectivity index is 1.89. The molecular formula is C15H17ClN2S. The zero-order chi connectivity index (χ0) is 13.2. The van der Waals surface area contributed by atoms with E-state index in [0.29, 0.717) is 11.9 Å². The van der Waals surface area contributed by atoms with Gasteiger partial charge in [-0.25, -0.2) is 4.98 Å². The molecule has 1 saturated carbocycles. The first-order valence-electron chi connectivity index (χ1n) is 6.59. The Morgan fingerprint density at radius 2 is 2.26 bits per heavy atom. The molecule has 0 unspecified atom stereocenters. The summed E-state index contributed by atoms with van der Waals surface area (Å²) in [6.07, 6.45) is 2.55. The molecule has 19 heavy (non-hydrogen) atoms. The number of nitrogens with zero attached hydrogens (tertiary/aromatic N) is 2.